The molecule has 1 aliphatic carbocycles. The van der Waals surface area contributed by atoms with Gasteiger partial charge in [-0.3, -0.25) is 0 Å². The zero-order valence-electron chi connectivity index (χ0n) is 19.3. The van der Waals surface area contributed by atoms with E-state index in [0.29, 0.717) is 55.6 Å². The van der Waals surface area contributed by atoms with Gasteiger partial charge < -0.3 is 20.4 Å². The molecule has 176 valence electrons. The number of benzene rings is 4. The molecule has 0 atom stereocenters. The average Bonchev–Trinajstić information content (AvgIpc) is 2.87. The van der Waals surface area contributed by atoms with Crippen LogP contribution in [0.25, 0.3) is 0 Å². The van der Waals surface area contributed by atoms with Crippen LogP contribution >= 0.6 is 0 Å². The number of hydrogen-bond acceptors (Lipinski definition) is 6. The van der Waals surface area contributed by atoms with Gasteiger partial charge in [-0.1, -0.05) is 36.4 Å². The maximum atomic E-state index is 11.1. The Kier molecular flexibility index (Phi) is 5.72. The zero-order chi connectivity index (χ0) is 25.4. The van der Waals surface area contributed by atoms with Gasteiger partial charge >= 0.3 is 0 Å². The molecule has 4 aromatic rings. The van der Waals surface area contributed by atoms with E-state index in [1.165, 1.54) is 0 Å². The van der Waals surface area contributed by atoms with Crippen LogP contribution < -0.4 is 0 Å². The van der Waals surface area contributed by atoms with Crippen LogP contribution in [-0.4, -0.2) is 20.4 Å². The summed E-state index contributed by atoms with van der Waals surface area (Å²) in [6.45, 7) is 0. The van der Waals surface area contributed by atoms with Gasteiger partial charge in [-0.05, 0) is 68.8 Å². The molecule has 6 heteroatoms. The minimum Gasteiger partial charge on any atom is -0.507 e. The molecule has 0 unspecified atom stereocenters. The maximum absolute atomic E-state index is 11.1. The van der Waals surface area contributed by atoms with Crippen LogP contribution in [0.15, 0.2) is 60.7 Å². The van der Waals surface area contributed by atoms with Crippen molar-refractivity contribution in [2.75, 3.05) is 0 Å². The summed E-state index contributed by atoms with van der Waals surface area (Å²) in [4.78, 5) is 0. The summed E-state index contributed by atoms with van der Waals surface area (Å²) in [6, 6.07) is 21.2. The van der Waals surface area contributed by atoms with Crippen LogP contribution in [0.3, 0.4) is 0 Å². The van der Waals surface area contributed by atoms with E-state index in [0.717, 1.165) is 0 Å². The molecule has 0 fully saturated rings. The second-order valence-corrected chi connectivity index (χ2v) is 9.07. The number of fused-ring (bicyclic) bond motifs is 8. The molecule has 8 bridgehead atoms. The first-order valence-electron chi connectivity index (χ1n) is 11.5. The van der Waals surface area contributed by atoms with Crippen molar-refractivity contribution in [3.8, 4) is 35.1 Å². The summed E-state index contributed by atoms with van der Waals surface area (Å²) in [7, 11) is 0. The predicted molar refractivity (Wildman–Crippen MR) is 133 cm³/mol. The van der Waals surface area contributed by atoms with Crippen LogP contribution in [-0.2, 0) is 25.7 Å². The molecule has 4 N–H and O–H groups in total. The zero-order valence-corrected chi connectivity index (χ0v) is 19.3. The molecule has 5 rings (SSSR count). The molecule has 0 spiro atoms. The average molecular weight is 475 g/mol. The molecular weight excluding hydrogens is 452 g/mol. The first-order valence-corrected chi connectivity index (χ1v) is 11.5. The third-order valence-electron chi connectivity index (χ3n) is 6.72. The normalized spacial score (nSPS) is 12.4. The largest absolute Gasteiger partial charge is 0.507 e. The lowest BCUT2D eigenvalue weighted by Gasteiger charge is -2.17. The number of nitriles is 2. The third kappa shape index (κ3) is 4.06. The molecule has 0 saturated carbocycles. The van der Waals surface area contributed by atoms with E-state index in [4.69, 9.17) is 0 Å². The van der Waals surface area contributed by atoms with Gasteiger partial charge in [0.25, 0.3) is 0 Å². The highest BCUT2D eigenvalue weighted by molar-refractivity contribution is 5.57. The Morgan fingerprint density at radius 3 is 0.944 bits per heavy atom. The molecule has 36 heavy (non-hydrogen) atoms. The van der Waals surface area contributed by atoms with Crippen molar-refractivity contribution in [2.24, 2.45) is 0 Å². The molecule has 0 heterocycles. The van der Waals surface area contributed by atoms with E-state index in [-0.39, 0.29) is 48.7 Å². The van der Waals surface area contributed by atoms with Crippen molar-refractivity contribution < 1.29 is 20.4 Å². The summed E-state index contributed by atoms with van der Waals surface area (Å²) in [5.74, 6) is 0.0765. The molecule has 0 radical (unpaired) electrons. The summed E-state index contributed by atoms with van der Waals surface area (Å²) < 4.78 is 0. The minimum absolute atomic E-state index is 0.0113. The Balaban J connectivity index is 1.77. The van der Waals surface area contributed by atoms with Gasteiger partial charge in [0, 0.05) is 25.7 Å². The number of rotatable bonds is 0. The van der Waals surface area contributed by atoms with Gasteiger partial charge in [0.1, 0.15) is 23.0 Å². The highest BCUT2D eigenvalue weighted by atomic mass is 16.3. The second kappa shape index (κ2) is 9.02. The lowest BCUT2D eigenvalue weighted by Crippen LogP contribution is -2.02. The highest BCUT2D eigenvalue weighted by Crippen LogP contribution is 2.37. The quantitative estimate of drug-likeness (QED) is 0.252. The van der Waals surface area contributed by atoms with Gasteiger partial charge in [-0.15, -0.1) is 0 Å². The van der Waals surface area contributed by atoms with Crippen molar-refractivity contribution >= 4 is 0 Å². The van der Waals surface area contributed by atoms with Gasteiger partial charge in [0.2, 0.25) is 0 Å². The standard InChI is InChI=1S/C30H22N2O4/c31-15-17-7-23-11-19-3-1-4-20(27(19)33)12-24-8-18(16-32)10-26(30(24)36)14-22-6-2-5-21(28(22)34)13-25(9-17)29(23)35/h1-10,33-36H,11-14H2. The number of para-hydroxylation sites is 2. The second-order valence-electron chi connectivity index (χ2n) is 9.07. The summed E-state index contributed by atoms with van der Waals surface area (Å²) >= 11 is 0. The highest BCUT2D eigenvalue weighted by Gasteiger charge is 2.20. The first kappa shape index (κ1) is 22.8. The number of nitrogens with zero attached hydrogens (tertiary/aromatic N) is 2. The van der Waals surface area contributed by atoms with Crippen molar-refractivity contribution in [3.05, 3.63) is 116 Å². The fourth-order valence-corrected chi connectivity index (χ4v) is 4.87. The Morgan fingerprint density at radius 2 is 0.694 bits per heavy atom. The maximum Gasteiger partial charge on any atom is 0.122 e. The summed E-state index contributed by atoms with van der Waals surface area (Å²) in [5, 5.41) is 63.5. The van der Waals surface area contributed by atoms with Crippen LogP contribution in [0, 0.1) is 22.7 Å². The van der Waals surface area contributed by atoms with Crippen LogP contribution in [0.1, 0.15) is 55.6 Å². The van der Waals surface area contributed by atoms with Gasteiger partial charge in [0.15, 0.2) is 0 Å². The molecule has 1 aliphatic rings. The Morgan fingerprint density at radius 1 is 0.444 bits per heavy atom. The molecule has 0 aromatic heterocycles. The van der Waals surface area contributed by atoms with Crippen LogP contribution in [0.2, 0.25) is 0 Å². The Labute approximate surface area is 208 Å². The monoisotopic (exact) mass is 474 g/mol. The van der Waals surface area contributed by atoms with E-state index in [1.54, 1.807) is 60.7 Å². The minimum atomic E-state index is 0.0113. The van der Waals surface area contributed by atoms with Crippen molar-refractivity contribution in [1.29, 1.82) is 10.5 Å². The Bertz CT molecular complexity index is 1400. The molecule has 0 saturated heterocycles. The van der Waals surface area contributed by atoms with Crippen LogP contribution in [0.5, 0.6) is 23.0 Å². The van der Waals surface area contributed by atoms with E-state index in [1.807, 2.05) is 0 Å². The van der Waals surface area contributed by atoms with Crippen LogP contribution in [0.4, 0.5) is 0 Å². The van der Waals surface area contributed by atoms with Gasteiger partial charge in [-0.25, -0.2) is 0 Å². The molecule has 0 amide bonds. The number of phenolic OH excluding ortho intramolecular Hbond substituents is 4. The summed E-state index contributed by atoms with van der Waals surface area (Å²) in [5.41, 5.74) is 4.88. The topological polar surface area (TPSA) is 128 Å². The fraction of sp³-hybridized carbons (Fsp3) is 0.133. The fourth-order valence-electron chi connectivity index (χ4n) is 4.87. The summed E-state index contributed by atoms with van der Waals surface area (Å²) in [6.07, 6.45) is 0.704. The molecule has 4 aromatic carbocycles. The molecule has 6 nitrogen and oxygen atoms in total. The van der Waals surface area contributed by atoms with E-state index in [2.05, 4.69) is 12.1 Å². The molecule has 0 aliphatic heterocycles. The lowest BCUT2D eigenvalue weighted by atomic mass is 9.90. The van der Waals surface area contributed by atoms with Crippen molar-refractivity contribution in [1.82, 2.24) is 0 Å². The lowest BCUT2D eigenvalue weighted by molar-refractivity contribution is 0.450. The van der Waals surface area contributed by atoms with E-state index >= 15 is 0 Å². The number of aromatic hydroxyl groups is 4. The Hall–Kier alpha value is -4.94. The third-order valence-corrected chi connectivity index (χ3v) is 6.72. The van der Waals surface area contributed by atoms with Gasteiger partial charge in [-0.2, -0.15) is 10.5 Å². The van der Waals surface area contributed by atoms with E-state index < -0.39 is 0 Å². The number of hydrogen-bond donors (Lipinski definition) is 4. The van der Waals surface area contributed by atoms with Crippen molar-refractivity contribution in [2.45, 2.75) is 25.7 Å². The SMILES string of the molecule is N#Cc1cc2c(O)c(c1)Cc1cccc(c1O)Cc1cc(C#N)cc(c1O)Cc1cccc(c1O)C2. The van der Waals surface area contributed by atoms with Gasteiger partial charge in [0.05, 0.1) is 23.3 Å². The molecular formula is C30H22N2O4. The van der Waals surface area contributed by atoms with Crippen molar-refractivity contribution in [3.63, 3.8) is 0 Å². The number of phenols is 4. The van der Waals surface area contributed by atoms with E-state index in [9.17, 15) is 30.9 Å². The first-order chi connectivity index (χ1) is 17.4. The predicted octanol–water partition coefficient (Wildman–Crippen LogP) is 4.93. The smallest absolute Gasteiger partial charge is 0.122 e.